The number of methoxy groups -OCH3 is 1. The largest absolute Gasteiger partial charge is 0.497 e. The SMILES string of the molecule is COc1ccc(C(Nc2nc(=O)n([C@@H]3C[C@H](OC(=O)c4ccc(C)cc4)[C@@H](COC(=O)c4ccc(C)cc4)O3)cc2CCCN(CC[C@H](NC(=O)OC(C)(C)C)C(=O)OC(C)(C)C)C[C@H]2O[C@@H](n3cnc4c(NC(=O)c5ccccc5)ncnc43)[C@H](O[Si](C)(C)C(C)(C)C)[C@@H]2O[Si](C)(C)C(C)(C)C)(c2ccccc2)c2ccccc2)cc1. The second-order valence-corrected chi connectivity index (χ2v) is 44.8. The van der Waals surface area contributed by atoms with Crippen molar-refractivity contribution in [3.05, 3.63) is 243 Å². The maximum absolute atomic E-state index is 15.6. The molecule has 9 aromatic rings. The van der Waals surface area contributed by atoms with Gasteiger partial charge in [-0.15, -0.1) is 0 Å². The van der Waals surface area contributed by atoms with E-state index < -0.39 is 112 Å². The summed E-state index contributed by atoms with van der Waals surface area (Å²) in [5.41, 5.74) is 2.78. The Kier molecular flexibility index (Phi) is 27.2. The molecule has 2 aliphatic heterocycles. The molecule has 2 amide bonds. The first-order valence-corrected chi connectivity index (χ1v) is 45.8. The molecule has 11 rings (SSSR count). The molecule has 117 heavy (non-hydrogen) atoms. The molecule has 27 heteroatoms. The van der Waals surface area contributed by atoms with Crippen LogP contribution in [0, 0.1) is 13.8 Å². The van der Waals surface area contributed by atoms with E-state index in [1.807, 2.05) is 134 Å². The van der Waals surface area contributed by atoms with E-state index >= 15 is 4.79 Å². The van der Waals surface area contributed by atoms with Crippen molar-refractivity contribution in [2.45, 2.75) is 225 Å². The summed E-state index contributed by atoms with van der Waals surface area (Å²) in [6, 6.07) is 49.1. The van der Waals surface area contributed by atoms with Crippen LogP contribution < -0.4 is 26.4 Å². The number of imidazole rings is 1. The van der Waals surface area contributed by atoms with Crippen LogP contribution in [0.3, 0.4) is 0 Å². The van der Waals surface area contributed by atoms with Gasteiger partial charge < -0.3 is 62.9 Å². The molecule has 3 aromatic heterocycles. The minimum Gasteiger partial charge on any atom is -0.497 e. The molecule has 6 aromatic carbocycles. The quantitative estimate of drug-likeness (QED) is 0.0163. The van der Waals surface area contributed by atoms with Crippen LogP contribution in [0.2, 0.25) is 36.3 Å². The fourth-order valence-corrected chi connectivity index (χ4v) is 16.4. The smallest absolute Gasteiger partial charge is 0.408 e. The van der Waals surface area contributed by atoms with Crippen LogP contribution >= 0.6 is 0 Å². The number of hydrogen-bond acceptors (Lipinski definition) is 21. The first kappa shape index (κ1) is 87.6. The predicted octanol–water partition coefficient (Wildman–Crippen LogP) is 16.3. The van der Waals surface area contributed by atoms with Crippen molar-refractivity contribution in [2.75, 3.05) is 44.0 Å². The van der Waals surface area contributed by atoms with E-state index in [1.54, 1.807) is 110 Å². The lowest BCUT2D eigenvalue weighted by molar-refractivity contribution is -0.157. The first-order chi connectivity index (χ1) is 55.2. The van der Waals surface area contributed by atoms with Crippen LogP contribution in [-0.4, -0.2) is 162 Å². The van der Waals surface area contributed by atoms with Gasteiger partial charge >= 0.3 is 29.7 Å². The maximum atomic E-state index is 15.6. The highest BCUT2D eigenvalue weighted by Crippen LogP contribution is 2.48. The number of carbonyl (C=O) groups is 5. The monoisotopic (exact) mass is 1630 g/mol. The van der Waals surface area contributed by atoms with Crippen LogP contribution in [-0.2, 0) is 54.0 Å². The van der Waals surface area contributed by atoms with Crippen LogP contribution in [0.1, 0.15) is 179 Å². The van der Waals surface area contributed by atoms with Crippen LogP contribution in [0.4, 0.5) is 16.4 Å². The highest BCUT2D eigenvalue weighted by molar-refractivity contribution is 6.74. The van der Waals surface area contributed by atoms with Crippen molar-refractivity contribution in [3.63, 3.8) is 0 Å². The fraction of sp³-hybridized carbons (Fsp3) is 0.444. The van der Waals surface area contributed by atoms with Gasteiger partial charge in [0.2, 0.25) is 0 Å². The molecule has 8 atom stereocenters. The Labute approximate surface area is 688 Å². The second-order valence-electron chi connectivity index (χ2n) is 35.3. The van der Waals surface area contributed by atoms with Gasteiger partial charge in [-0.1, -0.05) is 168 Å². The van der Waals surface area contributed by atoms with Gasteiger partial charge in [0, 0.05) is 36.8 Å². The molecule has 0 radical (unpaired) electrons. The highest BCUT2D eigenvalue weighted by Gasteiger charge is 2.55. The Bertz CT molecular complexity index is 4930. The van der Waals surface area contributed by atoms with Crippen LogP contribution in [0.15, 0.2) is 187 Å². The van der Waals surface area contributed by atoms with E-state index in [1.165, 1.54) is 10.9 Å². The lowest BCUT2D eigenvalue weighted by Crippen LogP contribution is -2.55. The summed E-state index contributed by atoms with van der Waals surface area (Å²) in [6.07, 6.45) is -2.01. The van der Waals surface area contributed by atoms with E-state index in [2.05, 4.69) is 93.6 Å². The Morgan fingerprint density at radius 3 is 1.73 bits per heavy atom. The predicted molar refractivity (Wildman–Crippen MR) is 454 cm³/mol. The molecule has 0 spiro atoms. The molecule has 0 unspecified atom stereocenters. The summed E-state index contributed by atoms with van der Waals surface area (Å²) in [5.74, 6) is -1.26. The van der Waals surface area contributed by atoms with E-state index in [0.717, 1.165) is 27.8 Å². The molecule has 2 aliphatic rings. The van der Waals surface area contributed by atoms with Crippen molar-refractivity contribution in [1.82, 2.24) is 39.3 Å². The number of aromatic nitrogens is 6. The van der Waals surface area contributed by atoms with E-state index in [0.29, 0.717) is 45.6 Å². The molecule has 2 saturated heterocycles. The number of nitrogens with one attached hydrogen (secondary N) is 3. The van der Waals surface area contributed by atoms with Crippen molar-refractivity contribution in [3.8, 4) is 5.75 Å². The van der Waals surface area contributed by atoms with Crippen molar-refractivity contribution >= 4 is 69.3 Å². The van der Waals surface area contributed by atoms with Gasteiger partial charge in [-0.25, -0.2) is 38.9 Å². The summed E-state index contributed by atoms with van der Waals surface area (Å²) in [5, 5.41) is 9.12. The van der Waals surface area contributed by atoms with Gasteiger partial charge in [0.05, 0.1) is 24.6 Å². The Hall–Kier alpha value is -10.3. The van der Waals surface area contributed by atoms with Gasteiger partial charge in [-0.3, -0.25) is 13.9 Å². The van der Waals surface area contributed by atoms with E-state index in [9.17, 15) is 24.0 Å². The number of anilines is 2. The number of rotatable bonds is 30. The molecule has 0 saturated carbocycles. The number of ether oxygens (including phenoxy) is 7. The maximum Gasteiger partial charge on any atom is 0.408 e. The summed E-state index contributed by atoms with van der Waals surface area (Å²) >= 11 is 0. The normalized spacial score (nSPS) is 18.4. The number of esters is 3. The zero-order valence-electron chi connectivity index (χ0n) is 70.9. The zero-order chi connectivity index (χ0) is 84.6. The van der Waals surface area contributed by atoms with E-state index in [4.69, 9.17) is 57.0 Å². The molecule has 25 nitrogen and oxygen atoms in total. The third kappa shape index (κ3) is 21.6. The molecular formula is C90H114N10O15Si2. The molecule has 5 heterocycles. The first-order valence-electron chi connectivity index (χ1n) is 40.0. The van der Waals surface area contributed by atoms with Crippen molar-refractivity contribution < 1.29 is 66.0 Å². The Balaban J connectivity index is 1.04. The molecule has 0 aliphatic carbocycles. The lowest BCUT2D eigenvalue weighted by Gasteiger charge is -2.44. The second kappa shape index (κ2) is 36.3. The van der Waals surface area contributed by atoms with Crippen molar-refractivity contribution in [1.29, 1.82) is 0 Å². The number of benzene rings is 6. The molecule has 2 fully saturated rings. The molecular weight excluding hydrogens is 1520 g/mol. The van der Waals surface area contributed by atoms with E-state index in [-0.39, 0.29) is 73.1 Å². The van der Waals surface area contributed by atoms with Crippen molar-refractivity contribution in [2.24, 2.45) is 0 Å². The highest BCUT2D eigenvalue weighted by atomic mass is 28.4. The topological polar surface area (TPSA) is 286 Å². The Morgan fingerprint density at radius 1 is 0.607 bits per heavy atom. The number of amides is 2. The molecule has 3 N–H and O–H groups in total. The summed E-state index contributed by atoms with van der Waals surface area (Å²) in [7, 11) is -3.99. The molecule has 622 valence electrons. The van der Waals surface area contributed by atoms with Gasteiger partial charge in [0.25, 0.3) is 5.91 Å². The number of hydrogen-bond donors (Lipinski definition) is 3. The van der Waals surface area contributed by atoms with Gasteiger partial charge in [-0.2, -0.15) is 4.98 Å². The summed E-state index contributed by atoms with van der Waals surface area (Å²) < 4.78 is 63.0. The summed E-state index contributed by atoms with van der Waals surface area (Å²) in [6.45, 7) is 36.5. The van der Waals surface area contributed by atoms with Gasteiger partial charge in [0.15, 0.2) is 39.8 Å². The van der Waals surface area contributed by atoms with Crippen LogP contribution in [0.5, 0.6) is 5.75 Å². The van der Waals surface area contributed by atoms with Gasteiger partial charge in [0.1, 0.15) is 84.0 Å². The third-order valence-corrected chi connectivity index (χ3v) is 31.1. The average Bonchev–Trinajstić information content (AvgIpc) is 1.14. The summed E-state index contributed by atoms with van der Waals surface area (Å²) in [4.78, 5) is 107. The van der Waals surface area contributed by atoms with Crippen LogP contribution in [0.25, 0.3) is 11.2 Å². The minimum atomic E-state index is -2.81. The number of alkyl carbamates (subject to hydrolysis) is 1. The number of carbonyl (C=O) groups excluding carboxylic acids is 5. The molecule has 0 bridgehead atoms. The third-order valence-electron chi connectivity index (χ3n) is 22.1. The standard InChI is InChI=1S/C90H114N10O15Si2/c1-58-37-41-61(42-38-58)81(102)108-55-71-69(111-82(103)62-43-39-59(2)40-44-62)52-72(109-71)99-53-63(76(96-84(99)105)97-90(64-33-25-21-26-34-64,65-35-27-22-28-36-65)66-45-47-67(107-15)48-46-66)32-29-50-98(51-49-68(83(104)112-86(3,4)5)94-85(106)113-87(6,7)8)54-70-74(114-116(16,17)88(9,10)11)75(115-117(18,19)89(12,13)14)80(110-70)100-57-93-73-77(91-56-92-78(73)100)95-79(101)60-30-23-20-24-31-60/h20-28,30-31,33-48,53,56-57,68-72,74-75,80H,29,32,49-52,54-55H2,1-19H3,(H,94,106)(H,96,97,105)(H,91,92,95,101)/t68-,69-,70+,71+,72-,74+,75+,80+/m0/s1. The zero-order valence-corrected chi connectivity index (χ0v) is 72.9. The number of aryl methyl sites for hydroxylation is 3. The number of fused-ring (bicyclic) bond motifs is 1. The Morgan fingerprint density at radius 2 is 1.16 bits per heavy atom. The average molecular weight is 1630 g/mol. The minimum absolute atomic E-state index is 0.0243. The lowest BCUT2D eigenvalue weighted by atomic mass is 9.77. The number of nitrogens with zero attached hydrogens (tertiary/aromatic N) is 7. The fourth-order valence-electron chi connectivity index (χ4n) is 13.8. The van der Waals surface area contributed by atoms with Gasteiger partial charge in [-0.05, 0) is 183 Å².